The maximum atomic E-state index is 14.2. The Bertz CT molecular complexity index is 3060. The topological polar surface area (TPSA) is 188 Å². The second kappa shape index (κ2) is 12.3. The van der Waals surface area contributed by atoms with Gasteiger partial charge < -0.3 is 10.1 Å². The first-order valence-electron chi connectivity index (χ1n) is 15.9. The van der Waals surface area contributed by atoms with Crippen LogP contribution in [0.3, 0.4) is 0 Å². The van der Waals surface area contributed by atoms with Gasteiger partial charge in [0.15, 0.2) is 34.5 Å². The summed E-state index contributed by atoms with van der Waals surface area (Å²) in [4.78, 5) is 43.2. The molecule has 0 radical (unpaired) electrons. The van der Waals surface area contributed by atoms with Crippen molar-refractivity contribution in [2.75, 3.05) is 5.32 Å². The van der Waals surface area contributed by atoms with Gasteiger partial charge in [0.2, 0.25) is 16.7 Å². The van der Waals surface area contributed by atoms with Gasteiger partial charge in [-0.2, -0.15) is 21.0 Å². The van der Waals surface area contributed by atoms with Crippen molar-refractivity contribution in [3.8, 4) is 39.8 Å². The van der Waals surface area contributed by atoms with Crippen LogP contribution in [0.1, 0.15) is 51.3 Å². The molecular formula is C37H12F4N8O3S4. The molecule has 3 aromatic heterocycles. The minimum atomic E-state index is -1.27. The molecule has 1 atom stereocenters. The summed E-state index contributed by atoms with van der Waals surface area (Å²) in [6.45, 7) is 3.70. The normalized spacial score (nSPS) is 18.4. The van der Waals surface area contributed by atoms with Crippen LogP contribution in [0.25, 0.3) is 30.4 Å². The largest absolute Gasteiger partial charge is 0.480 e. The third-order valence-electron chi connectivity index (χ3n) is 9.16. The third kappa shape index (κ3) is 4.92. The molecule has 2 aliphatic carbocycles. The fourth-order valence-electron chi connectivity index (χ4n) is 6.83. The molecule has 270 valence electrons. The number of halogens is 4. The first-order chi connectivity index (χ1) is 26.8. The summed E-state index contributed by atoms with van der Waals surface area (Å²) in [6, 6.07) is 9.80. The first-order valence-corrected chi connectivity index (χ1v) is 19.2. The molecule has 4 aliphatic rings. The van der Waals surface area contributed by atoms with E-state index in [0.717, 1.165) is 44.9 Å². The van der Waals surface area contributed by atoms with Crippen molar-refractivity contribution in [1.29, 1.82) is 21.0 Å². The van der Waals surface area contributed by atoms with E-state index in [0.29, 0.717) is 31.2 Å². The van der Waals surface area contributed by atoms with Crippen molar-refractivity contribution in [3.05, 3.63) is 86.5 Å². The fraction of sp³-hybridized carbons (Fsp3) is 0.108. The van der Waals surface area contributed by atoms with E-state index < -0.39 is 57.1 Å². The minimum absolute atomic E-state index is 0.101. The second-order valence-corrected chi connectivity index (χ2v) is 16.8. The maximum absolute atomic E-state index is 14.2. The van der Waals surface area contributed by atoms with Crippen molar-refractivity contribution in [2.45, 2.75) is 29.8 Å². The number of aromatic nitrogens is 1. The van der Waals surface area contributed by atoms with Gasteiger partial charge in [0.25, 0.3) is 0 Å². The van der Waals surface area contributed by atoms with E-state index >= 15 is 0 Å². The number of aliphatic imine (C=N–C) groups is 2. The van der Waals surface area contributed by atoms with Crippen molar-refractivity contribution in [1.82, 2.24) is 4.98 Å². The summed E-state index contributed by atoms with van der Waals surface area (Å²) in [6.07, 6.45) is 0. The van der Waals surface area contributed by atoms with E-state index in [1.165, 1.54) is 34.4 Å². The van der Waals surface area contributed by atoms with Gasteiger partial charge in [-0.1, -0.05) is 23.1 Å². The fourth-order valence-corrected chi connectivity index (χ4v) is 12.0. The van der Waals surface area contributed by atoms with Gasteiger partial charge in [0.1, 0.15) is 62.3 Å². The van der Waals surface area contributed by atoms with Crippen LogP contribution in [0.5, 0.6) is 5.75 Å². The molecule has 0 fully saturated rings. The number of ketones is 2. The lowest BCUT2D eigenvalue weighted by Gasteiger charge is -2.31. The van der Waals surface area contributed by atoms with E-state index in [9.17, 15) is 48.2 Å². The Morgan fingerprint density at radius 2 is 1.32 bits per heavy atom. The molecule has 2 aromatic carbocycles. The molecule has 56 heavy (non-hydrogen) atoms. The van der Waals surface area contributed by atoms with Crippen LogP contribution in [0, 0.1) is 68.6 Å². The molecule has 0 saturated carbocycles. The first kappa shape index (κ1) is 35.2. The molecule has 1 unspecified atom stereocenters. The standard InChI is InChI=1S/C37H12F4N8O3S4/c1-37(2)23-29(53-33-30(23)55-35(48-33)46-24-21(11(7-42)8-43)13-3-17(38)19(40)5-15(13)26(24)50)31-28(52-37)32-34(54-31)49-36(56-32)47-25-22(12(9-44)10-45)14-4-18(39)20(41)6-16(14)27(25)51/h3-6,36,49H,1-2H3. The van der Waals surface area contributed by atoms with Crippen LogP contribution in [-0.4, -0.2) is 33.5 Å². The zero-order chi connectivity index (χ0) is 39.5. The number of thioether (sulfide) groups is 1. The van der Waals surface area contributed by atoms with E-state index in [2.05, 4.69) is 20.3 Å². The molecular weight excluding hydrogens is 809 g/mol. The number of carbonyl (C=O) groups excluding carboxylic acids is 2. The van der Waals surface area contributed by atoms with Crippen molar-refractivity contribution in [3.63, 3.8) is 0 Å². The number of hydrogen-bond acceptors (Lipinski definition) is 15. The van der Waals surface area contributed by atoms with Crippen molar-refractivity contribution in [2.24, 2.45) is 9.98 Å². The highest BCUT2D eigenvalue weighted by atomic mass is 32.2. The number of nitrogens with one attached hydrogen (secondary N) is 1. The molecule has 5 aromatic rings. The number of thiophene rings is 2. The summed E-state index contributed by atoms with van der Waals surface area (Å²) in [5, 5.41) is 42.5. The third-order valence-corrected chi connectivity index (χ3v) is 13.8. The average Bonchev–Trinajstić information content (AvgIpc) is 3.98. The summed E-state index contributed by atoms with van der Waals surface area (Å²) < 4.78 is 64.0. The van der Waals surface area contributed by atoms with Gasteiger partial charge in [-0.15, -0.1) is 22.7 Å². The summed E-state index contributed by atoms with van der Waals surface area (Å²) in [7, 11) is 0. The number of benzene rings is 2. The number of carbonyl (C=O) groups is 2. The number of hydrogen-bond donors (Lipinski definition) is 1. The SMILES string of the molecule is CC1(C)Oc2c(sc3c2SC(N=C2C(=O)c4cc(F)c(F)cc4C2=C(C#N)C#N)N3)-c2sc3nc(N=C4C(=O)c5cc(F)c(F)cc5C4=C(C#N)C#N)sc3c21. The smallest absolute Gasteiger partial charge is 0.212 e. The van der Waals surface area contributed by atoms with E-state index in [4.69, 9.17) is 4.74 Å². The lowest BCUT2D eigenvalue weighted by molar-refractivity contribution is 0.105. The van der Waals surface area contributed by atoms with Gasteiger partial charge in [-0.05, 0) is 38.1 Å². The number of thiazole rings is 1. The van der Waals surface area contributed by atoms with Gasteiger partial charge in [0.05, 0.1) is 19.3 Å². The zero-order valence-corrected chi connectivity index (χ0v) is 31.2. The van der Waals surface area contributed by atoms with Crippen LogP contribution >= 0.6 is 45.8 Å². The number of anilines is 1. The highest BCUT2D eigenvalue weighted by Crippen LogP contribution is 2.63. The lowest BCUT2D eigenvalue weighted by atomic mass is 9.95. The van der Waals surface area contributed by atoms with Crippen molar-refractivity contribution < 1.29 is 31.9 Å². The van der Waals surface area contributed by atoms with E-state index in [-0.39, 0.29) is 50.0 Å². The molecule has 0 saturated heterocycles. The molecule has 11 nitrogen and oxygen atoms in total. The Morgan fingerprint density at radius 1 is 0.786 bits per heavy atom. The lowest BCUT2D eigenvalue weighted by Crippen LogP contribution is -2.28. The quantitative estimate of drug-likeness (QED) is 0.133. The maximum Gasteiger partial charge on any atom is 0.212 e. The number of nitrogens with zero attached hydrogens (tertiary/aromatic N) is 7. The number of ether oxygens (including phenoxy) is 1. The number of fused-ring (bicyclic) bond motifs is 9. The van der Waals surface area contributed by atoms with Gasteiger partial charge in [-0.3, -0.25) is 9.59 Å². The molecule has 2 aliphatic heterocycles. The molecule has 1 N–H and O–H groups in total. The van der Waals surface area contributed by atoms with Crippen LogP contribution in [0.4, 0.5) is 27.7 Å². The predicted molar refractivity (Wildman–Crippen MR) is 200 cm³/mol. The number of nitriles is 4. The highest BCUT2D eigenvalue weighted by Gasteiger charge is 2.44. The highest BCUT2D eigenvalue weighted by molar-refractivity contribution is 8.00. The summed E-state index contributed by atoms with van der Waals surface area (Å²) >= 11 is 5.03. The number of allylic oxidation sites excluding steroid dienone is 4. The van der Waals surface area contributed by atoms with Crippen LogP contribution < -0.4 is 10.1 Å². The molecule has 0 amide bonds. The summed E-state index contributed by atoms with van der Waals surface area (Å²) in [5.41, 5.74) is -3.66. The van der Waals surface area contributed by atoms with Gasteiger partial charge in [0, 0.05) is 39.0 Å². The predicted octanol–water partition coefficient (Wildman–Crippen LogP) is 8.98. The van der Waals surface area contributed by atoms with Crippen LogP contribution in [-0.2, 0) is 5.60 Å². The molecule has 9 rings (SSSR count). The Hall–Kier alpha value is -6.48. The molecule has 19 heteroatoms. The number of Topliss-reactive ketones (excluding diaryl/α,β-unsaturated/α-hetero) is 2. The van der Waals surface area contributed by atoms with Crippen molar-refractivity contribution >= 4 is 99.6 Å². The van der Waals surface area contributed by atoms with Gasteiger partial charge in [-0.25, -0.2) is 32.5 Å². The zero-order valence-electron chi connectivity index (χ0n) is 27.9. The average molecular weight is 821 g/mol. The van der Waals surface area contributed by atoms with E-state index in [1.807, 2.05) is 13.8 Å². The van der Waals surface area contributed by atoms with Gasteiger partial charge >= 0.3 is 0 Å². The Labute approximate surface area is 327 Å². The van der Waals surface area contributed by atoms with Crippen LogP contribution in [0.15, 0.2) is 50.3 Å². The second-order valence-electron chi connectivity index (χ2n) is 12.7. The molecule has 5 heterocycles. The Balaban J connectivity index is 1.08. The van der Waals surface area contributed by atoms with E-state index in [1.54, 1.807) is 24.3 Å². The minimum Gasteiger partial charge on any atom is -0.480 e. The molecule has 0 bridgehead atoms. The van der Waals surface area contributed by atoms with Crippen LogP contribution in [0.2, 0.25) is 0 Å². The Kier molecular flexibility index (Phi) is 7.72. The summed E-state index contributed by atoms with van der Waals surface area (Å²) in [5.74, 6) is -6.05. The number of rotatable bonds is 2. The Morgan fingerprint density at radius 3 is 1.89 bits per heavy atom. The molecule has 0 spiro atoms. The monoisotopic (exact) mass is 820 g/mol.